The zero-order valence-electron chi connectivity index (χ0n) is 11.6. The van der Waals surface area contributed by atoms with Gasteiger partial charge in [0.05, 0.1) is 11.3 Å². The number of nitrogens with zero attached hydrogens (tertiary/aromatic N) is 2. The first-order chi connectivity index (χ1) is 10.2. The van der Waals surface area contributed by atoms with Gasteiger partial charge in [0.25, 0.3) is 0 Å². The molecule has 0 aromatic heterocycles. The molecule has 1 aliphatic carbocycles. The summed E-state index contributed by atoms with van der Waals surface area (Å²) in [6.07, 6.45) is 2.29. The second-order valence-electron chi connectivity index (χ2n) is 5.33. The molecule has 3 nitrogen and oxygen atoms in total. The molecule has 1 aliphatic rings. The van der Waals surface area contributed by atoms with Crippen molar-refractivity contribution in [3.05, 3.63) is 58.6 Å². The highest BCUT2D eigenvalue weighted by Crippen LogP contribution is 2.36. The highest BCUT2D eigenvalue weighted by atomic mass is 35.5. The number of hydrogen-bond donors (Lipinski definition) is 1. The van der Waals surface area contributed by atoms with Gasteiger partial charge >= 0.3 is 0 Å². The second-order valence-corrected chi connectivity index (χ2v) is 5.77. The van der Waals surface area contributed by atoms with E-state index < -0.39 is 0 Å². The average Bonchev–Trinajstić information content (AvgIpc) is 3.31. The molecule has 0 spiro atoms. The summed E-state index contributed by atoms with van der Waals surface area (Å²) in [6.45, 7) is 0.701. The number of halogens is 1. The lowest BCUT2D eigenvalue weighted by Crippen LogP contribution is -2.26. The first kappa shape index (κ1) is 13.8. The molecular weight excluding hydrogens is 282 g/mol. The Bertz CT molecular complexity index is 701. The van der Waals surface area contributed by atoms with E-state index in [1.807, 2.05) is 30.3 Å². The summed E-state index contributed by atoms with van der Waals surface area (Å²) >= 11 is 6.12. The van der Waals surface area contributed by atoms with E-state index in [1.54, 1.807) is 12.1 Å². The fraction of sp³-hybridized carbons (Fsp3) is 0.235. The van der Waals surface area contributed by atoms with Gasteiger partial charge in [-0.15, -0.1) is 0 Å². The average molecular weight is 298 g/mol. The first-order valence-corrected chi connectivity index (χ1v) is 7.36. The molecule has 0 aliphatic heterocycles. The molecule has 0 saturated heterocycles. The van der Waals surface area contributed by atoms with E-state index in [1.165, 1.54) is 0 Å². The molecule has 1 saturated carbocycles. The van der Waals surface area contributed by atoms with Gasteiger partial charge in [-0.25, -0.2) is 0 Å². The summed E-state index contributed by atoms with van der Waals surface area (Å²) in [5, 5.41) is 9.99. The molecule has 2 N–H and O–H groups in total. The number of nitrogen functional groups attached to an aromatic ring is 1. The van der Waals surface area contributed by atoms with E-state index in [-0.39, 0.29) is 0 Å². The lowest BCUT2D eigenvalue weighted by Gasteiger charge is -2.26. The largest absolute Gasteiger partial charge is 0.398 e. The minimum Gasteiger partial charge on any atom is -0.398 e. The molecular formula is C17H16ClN3. The maximum Gasteiger partial charge on any atom is 0.101 e. The van der Waals surface area contributed by atoms with Crippen molar-refractivity contribution in [1.82, 2.24) is 0 Å². The number of nitriles is 1. The van der Waals surface area contributed by atoms with Crippen molar-refractivity contribution < 1.29 is 0 Å². The van der Waals surface area contributed by atoms with E-state index in [0.717, 1.165) is 29.8 Å². The zero-order chi connectivity index (χ0) is 14.8. The topological polar surface area (TPSA) is 53.0 Å². The predicted octanol–water partition coefficient (Wildman–Crippen LogP) is 3.96. The number of anilines is 2. The molecule has 0 bridgehead atoms. The van der Waals surface area contributed by atoms with Gasteiger partial charge < -0.3 is 10.6 Å². The summed E-state index contributed by atoms with van der Waals surface area (Å²) in [7, 11) is 0. The van der Waals surface area contributed by atoms with Gasteiger partial charge in [-0.2, -0.15) is 5.26 Å². The Labute approximate surface area is 129 Å². The fourth-order valence-electron chi connectivity index (χ4n) is 2.50. The van der Waals surface area contributed by atoms with Crippen LogP contribution in [-0.2, 0) is 6.54 Å². The normalized spacial score (nSPS) is 13.7. The van der Waals surface area contributed by atoms with Crippen LogP contribution in [0.3, 0.4) is 0 Å². The lowest BCUT2D eigenvalue weighted by molar-refractivity contribution is 0.794. The number of nitrogens with two attached hydrogens (primary N) is 1. The molecule has 106 valence electrons. The quantitative estimate of drug-likeness (QED) is 0.869. The molecule has 0 amide bonds. The van der Waals surface area contributed by atoms with Crippen molar-refractivity contribution >= 4 is 23.0 Å². The van der Waals surface area contributed by atoms with Gasteiger partial charge in [-0.1, -0.05) is 29.8 Å². The molecule has 4 heteroatoms. The van der Waals surface area contributed by atoms with Crippen molar-refractivity contribution in [2.45, 2.75) is 25.4 Å². The third-order valence-electron chi connectivity index (χ3n) is 3.77. The zero-order valence-corrected chi connectivity index (χ0v) is 12.3. The minimum atomic E-state index is 0.468. The Hall–Kier alpha value is -2.18. The molecule has 2 aromatic carbocycles. The molecule has 0 unspecified atom stereocenters. The maximum atomic E-state index is 9.34. The van der Waals surface area contributed by atoms with Gasteiger partial charge in [0.2, 0.25) is 0 Å². The predicted molar refractivity (Wildman–Crippen MR) is 86.2 cm³/mol. The third kappa shape index (κ3) is 2.96. The standard InChI is InChI=1S/C17H16ClN3/c18-14-6-5-12(10-19)17(9-14)21(15-7-8-15)11-13-3-1-2-4-16(13)20/h1-6,9,15H,7-8,11,20H2. The molecule has 1 fully saturated rings. The number of rotatable bonds is 4. The van der Waals surface area contributed by atoms with E-state index in [4.69, 9.17) is 17.3 Å². The Morgan fingerprint density at radius 1 is 1.24 bits per heavy atom. The van der Waals surface area contributed by atoms with Crippen molar-refractivity contribution in [2.75, 3.05) is 10.6 Å². The van der Waals surface area contributed by atoms with Gasteiger partial charge in [0.1, 0.15) is 6.07 Å². The second kappa shape index (κ2) is 5.67. The number of hydrogen-bond acceptors (Lipinski definition) is 3. The van der Waals surface area contributed by atoms with E-state index in [9.17, 15) is 5.26 Å². The van der Waals surface area contributed by atoms with E-state index in [2.05, 4.69) is 11.0 Å². The molecule has 0 radical (unpaired) electrons. The van der Waals surface area contributed by atoms with Crippen LogP contribution in [0.1, 0.15) is 24.0 Å². The van der Waals surface area contributed by atoms with Crippen molar-refractivity contribution in [3.8, 4) is 6.07 Å². The smallest absolute Gasteiger partial charge is 0.101 e. The van der Waals surface area contributed by atoms with Crippen molar-refractivity contribution in [3.63, 3.8) is 0 Å². The summed E-state index contributed by atoms with van der Waals surface area (Å²) in [5.41, 5.74) is 9.46. The minimum absolute atomic E-state index is 0.468. The van der Waals surface area contributed by atoms with Crippen LogP contribution < -0.4 is 10.6 Å². The first-order valence-electron chi connectivity index (χ1n) is 6.98. The van der Waals surface area contributed by atoms with Crippen LogP contribution in [0.15, 0.2) is 42.5 Å². The summed E-state index contributed by atoms with van der Waals surface area (Å²) in [6, 6.07) is 16.0. The van der Waals surface area contributed by atoms with Gasteiger partial charge in [0, 0.05) is 23.3 Å². The van der Waals surface area contributed by atoms with E-state index in [0.29, 0.717) is 23.2 Å². The van der Waals surface area contributed by atoms with Crippen LogP contribution in [-0.4, -0.2) is 6.04 Å². The Morgan fingerprint density at radius 2 is 2.00 bits per heavy atom. The summed E-state index contributed by atoms with van der Waals surface area (Å²) in [4.78, 5) is 2.25. The third-order valence-corrected chi connectivity index (χ3v) is 4.01. The molecule has 0 atom stereocenters. The lowest BCUT2D eigenvalue weighted by atomic mass is 10.1. The van der Waals surface area contributed by atoms with E-state index >= 15 is 0 Å². The monoisotopic (exact) mass is 297 g/mol. The Balaban J connectivity index is 1.98. The maximum absolute atomic E-state index is 9.34. The van der Waals surface area contributed by atoms with Crippen LogP contribution in [0.4, 0.5) is 11.4 Å². The van der Waals surface area contributed by atoms with Gasteiger partial charge in [-0.3, -0.25) is 0 Å². The van der Waals surface area contributed by atoms with Gasteiger partial charge in [0.15, 0.2) is 0 Å². The molecule has 0 heterocycles. The van der Waals surface area contributed by atoms with Crippen molar-refractivity contribution in [2.24, 2.45) is 0 Å². The van der Waals surface area contributed by atoms with Crippen LogP contribution in [0.25, 0.3) is 0 Å². The highest BCUT2D eigenvalue weighted by Gasteiger charge is 2.31. The summed E-state index contributed by atoms with van der Waals surface area (Å²) < 4.78 is 0. The molecule has 3 rings (SSSR count). The fourth-order valence-corrected chi connectivity index (χ4v) is 2.66. The number of para-hydroxylation sites is 1. The van der Waals surface area contributed by atoms with Gasteiger partial charge in [-0.05, 0) is 42.7 Å². The highest BCUT2D eigenvalue weighted by molar-refractivity contribution is 6.30. The van der Waals surface area contributed by atoms with Crippen LogP contribution in [0.2, 0.25) is 5.02 Å². The molecule has 21 heavy (non-hydrogen) atoms. The summed E-state index contributed by atoms with van der Waals surface area (Å²) in [5.74, 6) is 0. The Kier molecular flexibility index (Phi) is 3.72. The van der Waals surface area contributed by atoms with Crippen LogP contribution in [0, 0.1) is 11.3 Å². The van der Waals surface area contributed by atoms with Crippen molar-refractivity contribution in [1.29, 1.82) is 5.26 Å². The SMILES string of the molecule is N#Cc1ccc(Cl)cc1N(Cc1ccccc1N)C1CC1. The Morgan fingerprint density at radius 3 is 2.67 bits per heavy atom. The van der Waals surface area contributed by atoms with Crippen LogP contribution in [0.5, 0.6) is 0 Å². The molecule has 2 aromatic rings. The number of benzene rings is 2. The van der Waals surface area contributed by atoms with Crippen LogP contribution >= 0.6 is 11.6 Å².